The number of likely N-dealkylation sites (tertiary alicyclic amines) is 1. The number of methoxy groups -OCH3 is 1. The van der Waals surface area contributed by atoms with Crippen molar-refractivity contribution >= 4 is 0 Å². The molecule has 0 spiro atoms. The highest BCUT2D eigenvalue weighted by atomic mass is 16.5. The minimum absolute atomic E-state index is 0.571. The van der Waals surface area contributed by atoms with Crippen LogP contribution in [-0.2, 0) is 13.1 Å². The predicted octanol–water partition coefficient (Wildman–Crippen LogP) is 3.51. The summed E-state index contributed by atoms with van der Waals surface area (Å²) in [5.74, 6) is 2.30. The Balaban J connectivity index is 1.53. The van der Waals surface area contributed by atoms with Gasteiger partial charge in [0, 0.05) is 43.4 Å². The molecule has 1 atom stereocenters. The molecule has 0 bridgehead atoms. The van der Waals surface area contributed by atoms with Crippen molar-refractivity contribution in [2.24, 2.45) is 5.92 Å². The van der Waals surface area contributed by atoms with Crippen LogP contribution in [0, 0.1) is 12.8 Å². The normalized spacial score (nSPS) is 18.3. The highest BCUT2D eigenvalue weighted by molar-refractivity contribution is 5.32. The van der Waals surface area contributed by atoms with Crippen LogP contribution in [0.4, 0.5) is 0 Å². The predicted molar refractivity (Wildman–Crippen MR) is 99.1 cm³/mol. The monoisotopic (exact) mass is 343 g/mol. The summed E-state index contributed by atoms with van der Waals surface area (Å²) in [6.45, 7) is 9.15. The first-order chi connectivity index (χ1) is 12.2. The van der Waals surface area contributed by atoms with Gasteiger partial charge in [-0.05, 0) is 45.4 Å². The van der Waals surface area contributed by atoms with Crippen molar-refractivity contribution in [3.63, 3.8) is 0 Å². The van der Waals surface area contributed by atoms with E-state index in [0.29, 0.717) is 5.92 Å². The fourth-order valence-electron chi connectivity index (χ4n) is 3.45. The number of ether oxygens (including phenoxy) is 2. The summed E-state index contributed by atoms with van der Waals surface area (Å²) in [4.78, 5) is 2.53. The van der Waals surface area contributed by atoms with Gasteiger partial charge in [0.25, 0.3) is 0 Å². The molecule has 1 aromatic carbocycles. The Hall–Kier alpha value is -2.01. The largest absolute Gasteiger partial charge is 0.497 e. The van der Waals surface area contributed by atoms with Crippen LogP contribution in [0.1, 0.15) is 31.0 Å². The fourth-order valence-corrected chi connectivity index (χ4v) is 3.45. The van der Waals surface area contributed by atoms with Gasteiger partial charge in [-0.25, -0.2) is 0 Å². The maximum Gasteiger partial charge on any atom is 0.122 e. The number of piperidine rings is 1. The quantitative estimate of drug-likeness (QED) is 0.771. The van der Waals surface area contributed by atoms with Crippen LogP contribution in [-0.4, -0.2) is 41.5 Å². The molecule has 1 saturated heterocycles. The Morgan fingerprint density at radius 1 is 1.28 bits per heavy atom. The third-order valence-electron chi connectivity index (χ3n) is 4.90. The molecule has 3 rings (SSSR count). The van der Waals surface area contributed by atoms with E-state index in [1.165, 1.54) is 18.4 Å². The molecule has 5 nitrogen and oxygen atoms in total. The van der Waals surface area contributed by atoms with Crippen molar-refractivity contribution < 1.29 is 9.47 Å². The Kier molecular flexibility index (Phi) is 5.97. The first-order valence-corrected chi connectivity index (χ1v) is 9.20. The summed E-state index contributed by atoms with van der Waals surface area (Å²) >= 11 is 0. The lowest BCUT2D eigenvalue weighted by Gasteiger charge is -2.32. The average Bonchev–Trinajstić information content (AvgIpc) is 3.00. The first kappa shape index (κ1) is 17.8. The molecule has 5 heteroatoms. The van der Waals surface area contributed by atoms with Crippen LogP contribution >= 0.6 is 0 Å². The van der Waals surface area contributed by atoms with Crippen LogP contribution in [0.15, 0.2) is 30.5 Å². The second-order valence-electron chi connectivity index (χ2n) is 6.83. The third-order valence-corrected chi connectivity index (χ3v) is 4.90. The molecule has 2 aromatic rings. The van der Waals surface area contributed by atoms with E-state index < -0.39 is 0 Å². The van der Waals surface area contributed by atoms with Crippen molar-refractivity contribution in [2.75, 3.05) is 26.8 Å². The van der Waals surface area contributed by atoms with Gasteiger partial charge in [-0.3, -0.25) is 9.58 Å². The van der Waals surface area contributed by atoms with Gasteiger partial charge in [0.05, 0.1) is 19.4 Å². The molecule has 1 aromatic heterocycles. The van der Waals surface area contributed by atoms with E-state index in [-0.39, 0.29) is 0 Å². The summed E-state index contributed by atoms with van der Waals surface area (Å²) in [7, 11) is 1.68. The molecule has 0 unspecified atom stereocenters. The Morgan fingerprint density at radius 3 is 2.88 bits per heavy atom. The highest BCUT2D eigenvalue weighted by Gasteiger charge is 2.21. The second-order valence-corrected chi connectivity index (χ2v) is 6.83. The lowest BCUT2D eigenvalue weighted by atomic mass is 9.98. The molecule has 1 fully saturated rings. The zero-order valence-electron chi connectivity index (χ0n) is 15.6. The Bertz CT molecular complexity index is 683. The third kappa shape index (κ3) is 4.75. The van der Waals surface area contributed by atoms with E-state index in [0.717, 1.165) is 50.0 Å². The van der Waals surface area contributed by atoms with Gasteiger partial charge in [0.15, 0.2) is 0 Å². The number of nitrogens with zero attached hydrogens (tertiary/aromatic N) is 3. The molecule has 25 heavy (non-hydrogen) atoms. The number of rotatable bonds is 7. The molecule has 1 aliphatic heterocycles. The van der Waals surface area contributed by atoms with Crippen molar-refractivity contribution in [2.45, 2.75) is 39.8 Å². The van der Waals surface area contributed by atoms with Crippen LogP contribution in [0.25, 0.3) is 0 Å². The zero-order valence-corrected chi connectivity index (χ0v) is 15.6. The van der Waals surface area contributed by atoms with Gasteiger partial charge in [0.2, 0.25) is 0 Å². The molecule has 0 radical (unpaired) electrons. The summed E-state index contributed by atoms with van der Waals surface area (Å²) in [5.41, 5.74) is 2.49. The molecule has 2 heterocycles. The number of hydrogen-bond donors (Lipinski definition) is 0. The standard InChI is InChI=1S/C20H29N3O2/c1-4-23-14-18(16(2)21-23)13-22-10-6-7-17(12-22)15-25-20-9-5-8-19(11-20)24-3/h5,8-9,11,14,17H,4,6-7,10,12-13,15H2,1-3H3/t17-/m0/s1. The molecular weight excluding hydrogens is 314 g/mol. The summed E-state index contributed by atoms with van der Waals surface area (Å²) in [6, 6.07) is 7.85. The molecule has 0 saturated carbocycles. The van der Waals surface area contributed by atoms with Gasteiger partial charge >= 0.3 is 0 Å². The topological polar surface area (TPSA) is 39.5 Å². The van der Waals surface area contributed by atoms with Crippen LogP contribution in [0.5, 0.6) is 11.5 Å². The van der Waals surface area contributed by atoms with Crippen LogP contribution in [0.3, 0.4) is 0 Å². The van der Waals surface area contributed by atoms with E-state index in [1.807, 2.05) is 28.9 Å². The fraction of sp³-hybridized carbons (Fsp3) is 0.550. The van der Waals surface area contributed by atoms with E-state index in [2.05, 4.69) is 30.0 Å². The maximum absolute atomic E-state index is 6.01. The molecule has 0 aliphatic carbocycles. The van der Waals surface area contributed by atoms with Gasteiger partial charge in [-0.2, -0.15) is 5.10 Å². The number of aromatic nitrogens is 2. The summed E-state index contributed by atoms with van der Waals surface area (Å²) < 4.78 is 13.3. The second kappa shape index (κ2) is 8.39. The Labute approximate surface area is 150 Å². The van der Waals surface area contributed by atoms with E-state index in [9.17, 15) is 0 Å². The number of benzene rings is 1. The summed E-state index contributed by atoms with van der Waals surface area (Å²) in [6.07, 6.45) is 4.65. The zero-order chi connectivity index (χ0) is 17.6. The van der Waals surface area contributed by atoms with Crippen LogP contribution < -0.4 is 9.47 Å². The van der Waals surface area contributed by atoms with Crippen molar-refractivity contribution in [1.82, 2.24) is 14.7 Å². The molecular formula is C20H29N3O2. The van der Waals surface area contributed by atoms with Crippen molar-refractivity contribution in [1.29, 1.82) is 0 Å². The average molecular weight is 343 g/mol. The van der Waals surface area contributed by atoms with E-state index in [4.69, 9.17) is 9.47 Å². The minimum atomic E-state index is 0.571. The van der Waals surface area contributed by atoms with E-state index in [1.54, 1.807) is 7.11 Å². The first-order valence-electron chi connectivity index (χ1n) is 9.20. The van der Waals surface area contributed by atoms with Crippen molar-refractivity contribution in [3.8, 4) is 11.5 Å². The van der Waals surface area contributed by atoms with Gasteiger partial charge < -0.3 is 9.47 Å². The Morgan fingerprint density at radius 2 is 2.12 bits per heavy atom. The lowest BCUT2D eigenvalue weighted by Crippen LogP contribution is -2.37. The van der Waals surface area contributed by atoms with Crippen molar-refractivity contribution in [3.05, 3.63) is 41.7 Å². The molecule has 0 N–H and O–H groups in total. The lowest BCUT2D eigenvalue weighted by molar-refractivity contribution is 0.125. The summed E-state index contributed by atoms with van der Waals surface area (Å²) in [5, 5.41) is 4.56. The van der Waals surface area contributed by atoms with Gasteiger partial charge in [-0.1, -0.05) is 6.07 Å². The number of aryl methyl sites for hydroxylation is 2. The van der Waals surface area contributed by atoms with Gasteiger partial charge in [-0.15, -0.1) is 0 Å². The molecule has 1 aliphatic rings. The van der Waals surface area contributed by atoms with Crippen LogP contribution in [0.2, 0.25) is 0 Å². The highest BCUT2D eigenvalue weighted by Crippen LogP contribution is 2.23. The smallest absolute Gasteiger partial charge is 0.122 e. The number of hydrogen-bond acceptors (Lipinski definition) is 4. The van der Waals surface area contributed by atoms with E-state index >= 15 is 0 Å². The SMILES string of the molecule is CCn1cc(CN2CCC[C@H](COc3cccc(OC)c3)C2)c(C)n1. The minimum Gasteiger partial charge on any atom is -0.497 e. The molecule has 136 valence electrons. The van der Waals surface area contributed by atoms with Gasteiger partial charge in [0.1, 0.15) is 11.5 Å². The molecule has 0 amide bonds. The maximum atomic E-state index is 6.01.